The van der Waals surface area contributed by atoms with E-state index in [4.69, 9.17) is 0 Å². The lowest BCUT2D eigenvalue weighted by molar-refractivity contribution is -0.671. The molecule has 0 saturated heterocycles. The summed E-state index contributed by atoms with van der Waals surface area (Å²) in [5.41, 5.74) is 3.58. The smallest absolute Gasteiger partial charge is 0.269 e. The van der Waals surface area contributed by atoms with E-state index in [0.717, 1.165) is 16.9 Å². The average Bonchev–Trinajstić information content (AvgIpc) is 2.86. The number of nitrogens with zero attached hydrogens (tertiary/aromatic N) is 2. The number of nitro benzene ring substituents is 1. The summed E-state index contributed by atoms with van der Waals surface area (Å²) in [6, 6.07) is 22.5. The van der Waals surface area contributed by atoms with Gasteiger partial charge in [-0.1, -0.05) is 23.8 Å². The van der Waals surface area contributed by atoms with Crippen molar-refractivity contribution < 1.29 is 27.3 Å². The first-order chi connectivity index (χ1) is 17.5. The van der Waals surface area contributed by atoms with Crippen LogP contribution in [-0.2, 0) is 17.2 Å². The second kappa shape index (κ2) is 11.9. The number of hydrogen-bond acceptors (Lipinski definition) is 7. The summed E-state index contributed by atoms with van der Waals surface area (Å²) < 4.78 is 33.1. The minimum Gasteiger partial charge on any atom is -0.744 e. The minimum atomic E-state index is -4.27. The Kier molecular flexibility index (Phi) is 8.67. The molecule has 1 amide bonds. The molecule has 0 aliphatic rings. The van der Waals surface area contributed by atoms with Crippen molar-refractivity contribution in [1.82, 2.24) is 0 Å². The van der Waals surface area contributed by atoms with Gasteiger partial charge in [-0.05, 0) is 49.4 Å². The van der Waals surface area contributed by atoms with E-state index in [1.807, 2.05) is 49.1 Å². The molecule has 0 saturated carbocycles. The van der Waals surface area contributed by atoms with E-state index < -0.39 is 15.0 Å². The van der Waals surface area contributed by atoms with Crippen LogP contribution in [0.2, 0.25) is 0 Å². The summed E-state index contributed by atoms with van der Waals surface area (Å²) in [5.74, 6) is -0.290. The Hall–Kier alpha value is -4.61. The van der Waals surface area contributed by atoms with Crippen LogP contribution in [0.4, 0.5) is 22.7 Å². The summed E-state index contributed by atoms with van der Waals surface area (Å²) in [5, 5.41) is 16.6. The number of nitro groups is 1. The first-order valence-corrected chi connectivity index (χ1v) is 12.3. The monoisotopic (exact) mass is 520 g/mol. The zero-order valence-electron chi connectivity index (χ0n) is 20.0. The predicted octanol–water partition coefficient (Wildman–Crippen LogP) is 4.31. The molecule has 0 unspecified atom stereocenters. The molecule has 0 atom stereocenters. The molecule has 0 fully saturated rings. The van der Waals surface area contributed by atoms with E-state index in [9.17, 15) is 27.9 Å². The Morgan fingerprint density at radius 2 is 1.49 bits per heavy atom. The van der Waals surface area contributed by atoms with Gasteiger partial charge in [-0.25, -0.2) is 13.0 Å². The molecule has 4 rings (SSSR count). The van der Waals surface area contributed by atoms with Gasteiger partial charge in [-0.3, -0.25) is 14.9 Å². The lowest BCUT2D eigenvalue weighted by Crippen LogP contribution is -2.25. The van der Waals surface area contributed by atoms with Gasteiger partial charge < -0.3 is 15.2 Å². The second-order valence-electron chi connectivity index (χ2n) is 7.98. The molecule has 11 heteroatoms. The number of carbonyl (C=O) groups is 1. The van der Waals surface area contributed by atoms with E-state index in [-0.39, 0.29) is 16.5 Å². The molecular formula is C26H24N4O6S. The molecule has 10 nitrogen and oxygen atoms in total. The Labute approximate surface area is 214 Å². The van der Waals surface area contributed by atoms with E-state index in [1.165, 1.54) is 36.4 Å². The lowest BCUT2D eigenvalue weighted by Gasteiger charge is -2.09. The highest BCUT2D eigenvalue weighted by molar-refractivity contribution is 7.85. The van der Waals surface area contributed by atoms with Crippen LogP contribution in [0.15, 0.2) is 102 Å². The molecule has 1 heterocycles. The number of pyridine rings is 1. The van der Waals surface area contributed by atoms with Crippen LogP contribution in [0.5, 0.6) is 0 Å². The van der Waals surface area contributed by atoms with Gasteiger partial charge in [0.25, 0.3) is 11.6 Å². The van der Waals surface area contributed by atoms with Gasteiger partial charge in [0, 0.05) is 41.2 Å². The first-order valence-electron chi connectivity index (χ1n) is 10.9. The Morgan fingerprint density at radius 1 is 0.865 bits per heavy atom. The Morgan fingerprint density at radius 3 is 2.05 bits per heavy atom. The summed E-state index contributed by atoms with van der Waals surface area (Å²) in [4.78, 5) is 22.4. The van der Waals surface area contributed by atoms with Crippen molar-refractivity contribution in [1.29, 1.82) is 0 Å². The number of non-ortho nitro benzene ring substituents is 1. The standard InChI is InChI=1S/C19H16N4O3.C7H8O3S/c1-22-11-9-16(10-12-22)20-17-4-2-3-14(13-17)19(24)21-15-5-7-18(8-6-15)23(25)26;1-6-2-4-7(5-3-6)11(8,9)10/h2-13H,1H3,(H,21,24);2-5H,1H3,(H,8,9,10). The molecule has 0 radical (unpaired) electrons. The van der Waals surface area contributed by atoms with Gasteiger partial charge in [0.05, 0.1) is 15.5 Å². The quantitative estimate of drug-likeness (QED) is 0.167. The highest BCUT2D eigenvalue weighted by atomic mass is 32.2. The third-order valence-electron chi connectivity index (χ3n) is 5.04. The lowest BCUT2D eigenvalue weighted by atomic mass is 10.1. The maximum atomic E-state index is 12.4. The van der Waals surface area contributed by atoms with Crippen LogP contribution in [0, 0.1) is 17.0 Å². The Balaban J connectivity index is 0.000000289. The molecule has 0 bridgehead atoms. The number of rotatable bonds is 6. The third-order valence-corrected chi connectivity index (χ3v) is 5.89. The van der Waals surface area contributed by atoms with Crippen LogP contribution in [0.1, 0.15) is 15.9 Å². The van der Waals surface area contributed by atoms with Gasteiger partial charge >= 0.3 is 0 Å². The van der Waals surface area contributed by atoms with E-state index in [1.54, 1.807) is 30.3 Å². The van der Waals surface area contributed by atoms with Gasteiger partial charge in [0.1, 0.15) is 17.2 Å². The normalized spacial score (nSPS) is 10.6. The molecule has 3 aromatic carbocycles. The number of carbonyl (C=O) groups excluding carboxylic acids is 1. The number of hydrogen-bond donors (Lipinski definition) is 2. The number of aromatic nitrogens is 1. The summed E-state index contributed by atoms with van der Waals surface area (Å²) >= 11 is 0. The number of benzene rings is 3. The molecule has 0 aliphatic carbocycles. The maximum Gasteiger partial charge on any atom is 0.269 e. The largest absolute Gasteiger partial charge is 0.744 e. The van der Waals surface area contributed by atoms with Crippen molar-refractivity contribution in [3.63, 3.8) is 0 Å². The fraction of sp³-hybridized carbons (Fsp3) is 0.0769. The zero-order chi connectivity index (χ0) is 27.0. The molecule has 0 spiro atoms. The van der Waals surface area contributed by atoms with Crippen molar-refractivity contribution in [3.8, 4) is 0 Å². The molecule has 1 aromatic heterocycles. The number of amides is 1. The summed E-state index contributed by atoms with van der Waals surface area (Å²) in [6.45, 7) is 1.82. The predicted molar refractivity (Wildman–Crippen MR) is 138 cm³/mol. The zero-order valence-corrected chi connectivity index (χ0v) is 20.8. The SMILES string of the molecule is C[n+]1ccc(Nc2cccc(C(=O)Nc3ccc([N+](=O)[O-])cc3)c2)cc1.Cc1ccc(S(=O)(=O)[O-])cc1. The first kappa shape index (κ1) is 27.0. The highest BCUT2D eigenvalue weighted by Crippen LogP contribution is 2.19. The third kappa shape index (κ3) is 8.23. The van der Waals surface area contributed by atoms with Gasteiger partial charge in [0.2, 0.25) is 0 Å². The maximum absolute atomic E-state index is 12.4. The van der Waals surface area contributed by atoms with Crippen molar-refractivity contribution in [2.45, 2.75) is 11.8 Å². The fourth-order valence-corrected chi connectivity index (χ4v) is 3.53. The van der Waals surface area contributed by atoms with Crippen LogP contribution in [0.3, 0.4) is 0 Å². The van der Waals surface area contributed by atoms with Gasteiger partial charge in [-0.2, -0.15) is 0 Å². The van der Waals surface area contributed by atoms with Crippen molar-refractivity contribution in [3.05, 3.63) is 119 Å². The van der Waals surface area contributed by atoms with E-state index in [2.05, 4.69) is 10.6 Å². The molecule has 0 aliphatic heterocycles. The molecule has 190 valence electrons. The number of nitrogens with one attached hydrogen (secondary N) is 2. The molecule has 4 aromatic rings. The van der Waals surface area contributed by atoms with Crippen LogP contribution in [0.25, 0.3) is 0 Å². The van der Waals surface area contributed by atoms with Crippen LogP contribution >= 0.6 is 0 Å². The second-order valence-corrected chi connectivity index (χ2v) is 9.36. The summed E-state index contributed by atoms with van der Waals surface area (Å²) in [7, 11) is -2.33. The topological polar surface area (TPSA) is 145 Å². The fourth-order valence-electron chi connectivity index (χ4n) is 3.06. The number of anilines is 3. The summed E-state index contributed by atoms with van der Waals surface area (Å²) in [6.07, 6.45) is 3.85. The van der Waals surface area contributed by atoms with Gasteiger partial charge in [-0.15, -0.1) is 0 Å². The van der Waals surface area contributed by atoms with Crippen molar-refractivity contribution in [2.24, 2.45) is 7.05 Å². The van der Waals surface area contributed by atoms with Gasteiger partial charge in [0.15, 0.2) is 12.4 Å². The average molecular weight is 521 g/mol. The number of aryl methyl sites for hydroxylation is 2. The van der Waals surface area contributed by atoms with E-state index in [0.29, 0.717) is 11.3 Å². The highest BCUT2D eigenvalue weighted by Gasteiger charge is 2.09. The van der Waals surface area contributed by atoms with Crippen molar-refractivity contribution >= 4 is 38.8 Å². The van der Waals surface area contributed by atoms with Crippen LogP contribution < -0.4 is 15.2 Å². The molecular weight excluding hydrogens is 496 g/mol. The molecule has 2 N–H and O–H groups in total. The molecule has 37 heavy (non-hydrogen) atoms. The minimum absolute atomic E-state index is 0.0227. The Bertz CT molecular complexity index is 1490. The van der Waals surface area contributed by atoms with Crippen molar-refractivity contribution in [2.75, 3.05) is 10.6 Å². The van der Waals surface area contributed by atoms with Crippen LogP contribution in [-0.4, -0.2) is 23.8 Å². The van der Waals surface area contributed by atoms with E-state index >= 15 is 0 Å².